The van der Waals surface area contributed by atoms with Gasteiger partial charge in [0.2, 0.25) is 5.91 Å². The van der Waals surface area contributed by atoms with Gasteiger partial charge in [0.1, 0.15) is 18.5 Å². The number of benzene rings is 2. The van der Waals surface area contributed by atoms with Gasteiger partial charge < -0.3 is 15.2 Å². The smallest absolute Gasteiger partial charge is 0.274 e. The Morgan fingerprint density at radius 2 is 1.93 bits per heavy atom. The third-order valence-corrected chi connectivity index (χ3v) is 4.36. The molecule has 1 heterocycles. The maximum atomic E-state index is 12.4. The van der Waals surface area contributed by atoms with Crippen LogP contribution in [0.25, 0.3) is 10.8 Å². The summed E-state index contributed by atoms with van der Waals surface area (Å²) in [7, 11) is 0. The Labute approximate surface area is 162 Å². The van der Waals surface area contributed by atoms with E-state index in [4.69, 9.17) is 15.2 Å². The number of primary amides is 1. The van der Waals surface area contributed by atoms with Crippen molar-refractivity contribution in [3.8, 4) is 5.75 Å². The van der Waals surface area contributed by atoms with Gasteiger partial charge in [0, 0.05) is 18.4 Å². The van der Waals surface area contributed by atoms with Crippen LogP contribution in [0.4, 0.5) is 0 Å². The molecule has 3 rings (SSSR count). The molecular formula is C21H23N3O4. The third kappa shape index (κ3) is 4.75. The van der Waals surface area contributed by atoms with Crippen LogP contribution in [0.1, 0.15) is 12.5 Å². The predicted molar refractivity (Wildman–Crippen MR) is 106 cm³/mol. The fourth-order valence-corrected chi connectivity index (χ4v) is 2.92. The number of rotatable bonds is 9. The Balaban J connectivity index is 1.57. The molecule has 0 saturated carbocycles. The first kappa shape index (κ1) is 19.6. The van der Waals surface area contributed by atoms with Crippen molar-refractivity contribution in [1.29, 1.82) is 0 Å². The van der Waals surface area contributed by atoms with Crippen molar-refractivity contribution in [1.82, 2.24) is 9.78 Å². The quantitative estimate of drug-likeness (QED) is 0.611. The van der Waals surface area contributed by atoms with E-state index in [1.807, 2.05) is 49.4 Å². The SMILES string of the molecule is CCOC(Cc1ccc(OCCn2ncc3ccccc3c2=O)cc1)C(N)=O. The van der Waals surface area contributed by atoms with Crippen molar-refractivity contribution in [2.24, 2.45) is 5.73 Å². The summed E-state index contributed by atoms with van der Waals surface area (Å²) in [6.45, 7) is 2.91. The van der Waals surface area contributed by atoms with Gasteiger partial charge in [-0.2, -0.15) is 5.10 Å². The van der Waals surface area contributed by atoms with Crippen LogP contribution < -0.4 is 16.0 Å². The Kier molecular flexibility index (Phi) is 6.39. The minimum atomic E-state index is -0.636. The molecule has 7 nitrogen and oxygen atoms in total. The van der Waals surface area contributed by atoms with Gasteiger partial charge in [0.05, 0.1) is 18.1 Å². The second-order valence-electron chi connectivity index (χ2n) is 6.30. The lowest BCUT2D eigenvalue weighted by Crippen LogP contribution is -2.33. The maximum Gasteiger partial charge on any atom is 0.274 e. The van der Waals surface area contributed by atoms with Crippen molar-refractivity contribution in [3.63, 3.8) is 0 Å². The van der Waals surface area contributed by atoms with Crippen LogP contribution in [0.15, 0.2) is 59.5 Å². The normalized spacial score (nSPS) is 12.0. The lowest BCUT2D eigenvalue weighted by molar-refractivity contribution is -0.129. The van der Waals surface area contributed by atoms with Crippen LogP contribution in [0.5, 0.6) is 5.75 Å². The molecule has 2 N–H and O–H groups in total. The second-order valence-corrected chi connectivity index (χ2v) is 6.30. The molecule has 1 unspecified atom stereocenters. The predicted octanol–water partition coefficient (Wildman–Crippen LogP) is 1.91. The first-order chi connectivity index (χ1) is 13.6. The van der Waals surface area contributed by atoms with E-state index in [-0.39, 0.29) is 5.56 Å². The summed E-state index contributed by atoms with van der Waals surface area (Å²) in [5, 5.41) is 5.64. The first-order valence-electron chi connectivity index (χ1n) is 9.16. The highest BCUT2D eigenvalue weighted by atomic mass is 16.5. The Bertz CT molecular complexity index is 998. The highest BCUT2D eigenvalue weighted by molar-refractivity contribution is 5.80. The summed E-state index contributed by atoms with van der Waals surface area (Å²) in [5.41, 5.74) is 6.14. The van der Waals surface area contributed by atoms with Gasteiger partial charge in [-0.15, -0.1) is 0 Å². The number of carbonyl (C=O) groups excluding carboxylic acids is 1. The molecule has 0 saturated heterocycles. The molecule has 2 aromatic carbocycles. The highest BCUT2D eigenvalue weighted by Crippen LogP contribution is 2.14. The number of hydrogen-bond acceptors (Lipinski definition) is 5. The van der Waals surface area contributed by atoms with E-state index in [0.717, 1.165) is 10.9 Å². The lowest BCUT2D eigenvalue weighted by Gasteiger charge is -2.14. The van der Waals surface area contributed by atoms with Crippen LogP contribution in [0.2, 0.25) is 0 Å². The molecule has 146 valence electrons. The van der Waals surface area contributed by atoms with E-state index < -0.39 is 12.0 Å². The maximum absolute atomic E-state index is 12.4. The van der Waals surface area contributed by atoms with Crippen LogP contribution in [-0.2, 0) is 22.5 Å². The number of carbonyl (C=O) groups is 1. The van der Waals surface area contributed by atoms with E-state index in [9.17, 15) is 9.59 Å². The van der Waals surface area contributed by atoms with Gasteiger partial charge in [0.25, 0.3) is 5.56 Å². The fraction of sp³-hybridized carbons (Fsp3) is 0.286. The molecule has 0 aliphatic carbocycles. The van der Waals surface area contributed by atoms with E-state index in [1.54, 1.807) is 12.3 Å². The number of fused-ring (bicyclic) bond motifs is 1. The molecule has 0 spiro atoms. The summed E-state index contributed by atoms with van der Waals surface area (Å²) in [5.74, 6) is 0.195. The first-order valence-corrected chi connectivity index (χ1v) is 9.16. The molecule has 3 aromatic rings. The summed E-state index contributed by atoms with van der Waals surface area (Å²) >= 11 is 0. The summed E-state index contributed by atoms with van der Waals surface area (Å²) in [4.78, 5) is 23.8. The zero-order chi connectivity index (χ0) is 19.9. The van der Waals surface area contributed by atoms with Crippen molar-refractivity contribution < 1.29 is 14.3 Å². The van der Waals surface area contributed by atoms with Gasteiger partial charge >= 0.3 is 0 Å². The van der Waals surface area contributed by atoms with Crippen LogP contribution >= 0.6 is 0 Å². The van der Waals surface area contributed by atoms with Crippen molar-refractivity contribution in [3.05, 3.63) is 70.6 Å². The lowest BCUT2D eigenvalue weighted by atomic mass is 10.1. The zero-order valence-electron chi connectivity index (χ0n) is 15.7. The number of nitrogens with zero attached hydrogens (tertiary/aromatic N) is 2. The standard InChI is InChI=1S/C21H23N3O4/c1-2-27-19(20(22)25)13-15-7-9-17(10-8-15)28-12-11-24-21(26)18-6-4-3-5-16(18)14-23-24/h3-10,14,19H,2,11-13H2,1H3,(H2,22,25). The third-order valence-electron chi connectivity index (χ3n) is 4.36. The molecule has 7 heteroatoms. The molecule has 28 heavy (non-hydrogen) atoms. The number of amides is 1. The average Bonchev–Trinajstić information content (AvgIpc) is 2.70. The zero-order valence-corrected chi connectivity index (χ0v) is 15.7. The van der Waals surface area contributed by atoms with E-state index in [0.29, 0.717) is 37.3 Å². The van der Waals surface area contributed by atoms with Crippen molar-refractivity contribution in [2.75, 3.05) is 13.2 Å². The van der Waals surface area contributed by atoms with E-state index in [1.165, 1.54) is 4.68 Å². The number of aromatic nitrogens is 2. The molecular weight excluding hydrogens is 358 g/mol. The molecule has 0 aliphatic heterocycles. The Hall–Kier alpha value is -3.19. The molecule has 1 aromatic heterocycles. The van der Waals surface area contributed by atoms with Gasteiger partial charge in [-0.05, 0) is 30.7 Å². The fourth-order valence-electron chi connectivity index (χ4n) is 2.92. The monoisotopic (exact) mass is 381 g/mol. The molecule has 1 amide bonds. The number of hydrogen-bond donors (Lipinski definition) is 1. The van der Waals surface area contributed by atoms with Gasteiger partial charge in [-0.25, -0.2) is 4.68 Å². The highest BCUT2D eigenvalue weighted by Gasteiger charge is 2.15. The van der Waals surface area contributed by atoms with Crippen molar-refractivity contribution >= 4 is 16.7 Å². The van der Waals surface area contributed by atoms with Gasteiger partial charge in [-0.3, -0.25) is 9.59 Å². The Morgan fingerprint density at radius 3 is 2.64 bits per heavy atom. The molecule has 0 aliphatic rings. The summed E-state index contributed by atoms with van der Waals surface area (Å²) < 4.78 is 12.5. The topological polar surface area (TPSA) is 96.4 Å². The van der Waals surface area contributed by atoms with Crippen LogP contribution in [-0.4, -0.2) is 35.0 Å². The van der Waals surface area contributed by atoms with Gasteiger partial charge in [0.15, 0.2) is 0 Å². The summed E-state index contributed by atoms with van der Waals surface area (Å²) in [6, 6.07) is 14.7. The van der Waals surface area contributed by atoms with E-state index in [2.05, 4.69) is 5.10 Å². The Morgan fingerprint density at radius 1 is 1.18 bits per heavy atom. The van der Waals surface area contributed by atoms with Crippen molar-refractivity contribution in [2.45, 2.75) is 26.0 Å². The molecule has 1 atom stereocenters. The minimum Gasteiger partial charge on any atom is -0.492 e. The second kappa shape index (κ2) is 9.14. The van der Waals surface area contributed by atoms with Gasteiger partial charge in [-0.1, -0.05) is 30.3 Å². The van der Waals surface area contributed by atoms with Crippen LogP contribution in [0, 0.1) is 0 Å². The molecule has 0 radical (unpaired) electrons. The molecule has 0 bridgehead atoms. The number of nitrogens with two attached hydrogens (primary N) is 1. The average molecular weight is 381 g/mol. The largest absolute Gasteiger partial charge is 0.492 e. The summed E-state index contributed by atoms with van der Waals surface area (Å²) in [6.07, 6.45) is 1.46. The van der Waals surface area contributed by atoms with E-state index >= 15 is 0 Å². The van der Waals surface area contributed by atoms with Crippen LogP contribution in [0.3, 0.4) is 0 Å². The number of ether oxygens (including phenoxy) is 2. The minimum absolute atomic E-state index is 0.134. The molecule has 0 fully saturated rings.